The first-order valence-electron chi connectivity index (χ1n) is 10.2. The molecular formula is C20H40NO4+. The normalized spacial score (nSPS) is 25.8. The third-order valence-corrected chi connectivity index (χ3v) is 5.08. The van der Waals surface area contributed by atoms with Crippen molar-refractivity contribution in [1.29, 1.82) is 0 Å². The Bertz CT molecular complexity index is 386. The Morgan fingerprint density at radius 3 is 2.08 bits per heavy atom. The predicted octanol–water partition coefficient (Wildman–Crippen LogP) is 3.94. The van der Waals surface area contributed by atoms with Crippen LogP contribution in [0, 0.1) is 0 Å². The standard InChI is InChI=1S/C20H39NO4/c1-4-5-6-7-8-9-10-11-12-13-14-20(24)17-21(2,3)16-18(25-20)15-19(22)23/h18,24H,4-17H2,1-3H3/p+1/t18-,20+/m1/s1. The second-order valence-electron chi connectivity index (χ2n) is 8.49. The van der Waals surface area contributed by atoms with Gasteiger partial charge in [-0.1, -0.05) is 64.7 Å². The highest BCUT2D eigenvalue weighted by Crippen LogP contribution is 2.29. The highest BCUT2D eigenvalue weighted by atomic mass is 16.6. The zero-order valence-electron chi connectivity index (χ0n) is 16.6. The van der Waals surface area contributed by atoms with Crippen LogP contribution >= 0.6 is 0 Å². The van der Waals surface area contributed by atoms with Gasteiger partial charge in [-0.2, -0.15) is 0 Å². The number of aliphatic hydroxyl groups is 1. The van der Waals surface area contributed by atoms with Gasteiger partial charge in [-0.3, -0.25) is 4.79 Å². The minimum Gasteiger partial charge on any atom is -0.481 e. The lowest BCUT2D eigenvalue weighted by atomic mass is 10.0. The average molecular weight is 359 g/mol. The second-order valence-corrected chi connectivity index (χ2v) is 8.49. The molecule has 0 amide bonds. The molecule has 0 bridgehead atoms. The molecule has 25 heavy (non-hydrogen) atoms. The van der Waals surface area contributed by atoms with Crippen molar-refractivity contribution in [3.05, 3.63) is 0 Å². The lowest BCUT2D eigenvalue weighted by Crippen LogP contribution is -2.62. The molecule has 148 valence electrons. The van der Waals surface area contributed by atoms with Gasteiger partial charge in [-0.15, -0.1) is 0 Å². The molecule has 5 nitrogen and oxygen atoms in total. The van der Waals surface area contributed by atoms with Crippen LogP contribution in [-0.2, 0) is 9.53 Å². The first-order chi connectivity index (χ1) is 11.8. The van der Waals surface area contributed by atoms with E-state index in [1.54, 1.807) is 0 Å². The zero-order valence-corrected chi connectivity index (χ0v) is 16.6. The van der Waals surface area contributed by atoms with Crippen molar-refractivity contribution in [3.63, 3.8) is 0 Å². The van der Waals surface area contributed by atoms with Crippen LogP contribution in [0.3, 0.4) is 0 Å². The lowest BCUT2D eigenvalue weighted by molar-refractivity contribution is -0.915. The molecule has 1 heterocycles. The molecule has 0 unspecified atom stereocenters. The topological polar surface area (TPSA) is 66.8 Å². The quantitative estimate of drug-likeness (QED) is 0.387. The number of carboxylic acid groups (broad SMARTS) is 1. The number of rotatable bonds is 13. The predicted molar refractivity (Wildman–Crippen MR) is 100 cm³/mol. The molecule has 5 heteroatoms. The number of quaternary nitrogens is 1. The first-order valence-corrected chi connectivity index (χ1v) is 10.2. The van der Waals surface area contributed by atoms with Gasteiger partial charge in [0.1, 0.15) is 19.2 Å². The average Bonchev–Trinajstić information content (AvgIpc) is 2.46. The number of carboxylic acids is 1. The van der Waals surface area contributed by atoms with E-state index in [1.807, 2.05) is 14.1 Å². The Kier molecular flexibility index (Phi) is 9.98. The molecule has 1 aliphatic heterocycles. The summed E-state index contributed by atoms with van der Waals surface area (Å²) >= 11 is 0. The summed E-state index contributed by atoms with van der Waals surface area (Å²) in [6, 6.07) is 0. The molecule has 0 spiro atoms. The number of nitrogens with zero attached hydrogens (tertiary/aromatic N) is 1. The number of unbranched alkanes of at least 4 members (excludes halogenated alkanes) is 9. The number of carbonyl (C=O) groups is 1. The summed E-state index contributed by atoms with van der Waals surface area (Å²) in [5, 5.41) is 19.8. The van der Waals surface area contributed by atoms with Crippen molar-refractivity contribution in [2.45, 2.75) is 95.9 Å². The van der Waals surface area contributed by atoms with Crippen molar-refractivity contribution < 1.29 is 24.2 Å². The number of morpholine rings is 1. The molecule has 0 radical (unpaired) electrons. The van der Waals surface area contributed by atoms with Gasteiger partial charge < -0.3 is 19.4 Å². The van der Waals surface area contributed by atoms with E-state index in [-0.39, 0.29) is 6.42 Å². The van der Waals surface area contributed by atoms with Gasteiger partial charge in [-0.05, 0) is 6.42 Å². The maximum atomic E-state index is 11.0. The fraction of sp³-hybridized carbons (Fsp3) is 0.950. The van der Waals surface area contributed by atoms with E-state index in [0.717, 1.165) is 12.8 Å². The van der Waals surface area contributed by atoms with Crippen LogP contribution in [0.2, 0.25) is 0 Å². The molecule has 0 aromatic carbocycles. The van der Waals surface area contributed by atoms with E-state index < -0.39 is 17.9 Å². The zero-order chi connectivity index (χ0) is 18.8. The van der Waals surface area contributed by atoms with Gasteiger partial charge in [0.25, 0.3) is 0 Å². The van der Waals surface area contributed by atoms with Crippen LogP contribution in [0.5, 0.6) is 0 Å². The second kappa shape index (κ2) is 11.1. The number of likely N-dealkylation sites (N-methyl/N-ethyl adjacent to an activating group) is 1. The molecule has 2 N–H and O–H groups in total. The van der Waals surface area contributed by atoms with E-state index in [4.69, 9.17) is 9.84 Å². The van der Waals surface area contributed by atoms with Crippen molar-refractivity contribution >= 4 is 5.97 Å². The number of aliphatic carboxylic acids is 1. The maximum absolute atomic E-state index is 11.0. The Morgan fingerprint density at radius 1 is 1.04 bits per heavy atom. The van der Waals surface area contributed by atoms with E-state index in [1.165, 1.54) is 51.4 Å². The summed E-state index contributed by atoms with van der Waals surface area (Å²) in [4.78, 5) is 11.0. The molecule has 0 aromatic heterocycles. The van der Waals surface area contributed by atoms with Crippen molar-refractivity contribution in [1.82, 2.24) is 0 Å². The fourth-order valence-corrected chi connectivity index (χ4v) is 4.00. The summed E-state index contributed by atoms with van der Waals surface area (Å²) < 4.78 is 6.37. The molecule has 1 aliphatic rings. The molecule has 0 aromatic rings. The van der Waals surface area contributed by atoms with Gasteiger partial charge in [0.05, 0.1) is 20.5 Å². The molecular weight excluding hydrogens is 318 g/mol. The third-order valence-electron chi connectivity index (χ3n) is 5.08. The SMILES string of the molecule is CCCCCCCCCCCC[C@@]1(O)C[N+](C)(C)C[C@@H](CC(=O)O)O1. The Balaban J connectivity index is 2.20. The van der Waals surface area contributed by atoms with E-state index in [0.29, 0.717) is 24.0 Å². The summed E-state index contributed by atoms with van der Waals surface area (Å²) in [6.45, 7) is 3.40. The van der Waals surface area contributed by atoms with Crippen molar-refractivity contribution in [2.75, 3.05) is 27.2 Å². The van der Waals surface area contributed by atoms with Crippen LogP contribution in [0.1, 0.15) is 84.0 Å². The highest BCUT2D eigenvalue weighted by Gasteiger charge is 2.45. The van der Waals surface area contributed by atoms with E-state index >= 15 is 0 Å². The largest absolute Gasteiger partial charge is 0.481 e. The van der Waals surface area contributed by atoms with Crippen LogP contribution in [0.15, 0.2) is 0 Å². The third kappa shape index (κ3) is 10.2. The molecule has 1 saturated heterocycles. The Morgan fingerprint density at radius 2 is 1.56 bits per heavy atom. The number of hydrogen-bond donors (Lipinski definition) is 2. The summed E-state index contributed by atoms with van der Waals surface area (Å²) in [6.07, 6.45) is 12.7. The van der Waals surface area contributed by atoms with Gasteiger partial charge in [0.15, 0.2) is 0 Å². The monoisotopic (exact) mass is 358 g/mol. The van der Waals surface area contributed by atoms with Crippen LogP contribution in [0.25, 0.3) is 0 Å². The Labute approximate surface area is 154 Å². The number of hydrogen-bond acceptors (Lipinski definition) is 3. The minimum absolute atomic E-state index is 0.0397. The van der Waals surface area contributed by atoms with Gasteiger partial charge in [-0.25, -0.2) is 0 Å². The van der Waals surface area contributed by atoms with Crippen LogP contribution in [-0.4, -0.2) is 59.7 Å². The Hall–Kier alpha value is -0.650. The van der Waals surface area contributed by atoms with Gasteiger partial charge >= 0.3 is 5.97 Å². The van der Waals surface area contributed by atoms with Gasteiger partial charge in [0.2, 0.25) is 5.79 Å². The van der Waals surface area contributed by atoms with Crippen molar-refractivity contribution in [2.24, 2.45) is 0 Å². The van der Waals surface area contributed by atoms with E-state index in [9.17, 15) is 9.90 Å². The van der Waals surface area contributed by atoms with Crippen molar-refractivity contribution in [3.8, 4) is 0 Å². The van der Waals surface area contributed by atoms with E-state index in [2.05, 4.69) is 6.92 Å². The smallest absolute Gasteiger partial charge is 0.306 e. The molecule has 1 rings (SSSR count). The fourth-order valence-electron chi connectivity index (χ4n) is 4.00. The van der Waals surface area contributed by atoms with Gasteiger partial charge in [0, 0.05) is 6.42 Å². The highest BCUT2D eigenvalue weighted by molar-refractivity contribution is 5.67. The maximum Gasteiger partial charge on any atom is 0.306 e. The number of ether oxygens (including phenoxy) is 1. The van der Waals surface area contributed by atoms with Crippen LogP contribution in [0.4, 0.5) is 0 Å². The lowest BCUT2D eigenvalue weighted by Gasteiger charge is -2.46. The minimum atomic E-state index is -1.18. The van der Waals surface area contributed by atoms with Crippen LogP contribution < -0.4 is 0 Å². The molecule has 1 fully saturated rings. The summed E-state index contributed by atoms with van der Waals surface area (Å²) in [5.41, 5.74) is 0. The summed E-state index contributed by atoms with van der Waals surface area (Å²) in [5.74, 6) is -2.05. The molecule has 2 atom stereocenters. The molecule has 0 aliphatic carbocycles. The summed E-state index contributed by atoms with van der Waals surface area (Å²) in [7, 11) is 4.06. The first kappa shape index (κ1) is 22.4. The molecule has 0 saturated carbocycles.